The summed E-state index contributed by atoms with van der Waals surface area (Å²) in [4.78, 5) is 20.1. The number of thioether (sulfide) groups is 1. The maximum atomic E-state index is 11.8. The fourth-order valence-electron chi connectivity index (χ4n) is 2.00. The van der Waals surface area contributed by atoms with E-state index in [2.05, 4.69) is 15.4 Å². The summed E-state index contributed by atoms with van der Waals surface area (Å²) in [5.74, 6) is 5.54. The summed E-state index contributed by atoms with van der Waals surface area (Å²) in [5, 5.41) is 1.68. The number of nitrogens with zero attached hydrogens (tertiary/aromatic N) is 2. The van der Waals surface area contributed by atoms with E-state index in [1.54, 1.807) is 18.6 Å². The third-order valence-corrected chi connectivity index (χ3v) is 3.88. The number of carbonyl (C=O) groups is 1. The van der Waals surface area contributed by atoms with Gasteiger partial charge in [-0.15, -0.1) is 0 Å². The van der Waals surface area contributed by atoms with Gasteiger partial charge in [0.15, 0.2) is 5.76 Å². The minimum atomic E-state index is -0.444. The van der Waals surface area contributed by atoms with Crippen LogP contribution < -0.4 is 11.3 Å². The van der Waals surface area contributed by atoms with Crippen LogP contribution in [0.15, 0.2) is 52.3 Å². The molecule has 0 saturated heterocycles. The van der Waals surface area contributed by atoms with Gasteiger partial charge in [0.05, 0.1) is 6.20 Å². The standard InChI is InChI=1S/C14H12N4O2S/c15-18-14(19)13-10(8-21-12-7-16-5-6-17-12)9-3-1-2-4-11(9)20-13/h1-7H,8,15H2,(H,18,19). The highest BCUT2D eigenvalue weighted by molar-refractivity contribution is 7.98. The van der Waals surface area contributed by atoms with E-state index in [-0.39, 0.29) is 5.76 Å². The fourth-order valence-corrected chi connectivity index (χ4v) is 2.85. The average molecular weight is 300 g/mol. The molecule has 0 bridgehead atoms. The van der Waals surface area contributed by atoms with Crippen molar-refractivity contribution >= 4 is 28.6 Å². The molecule has 0 aliphatic rings. The van der Waals surface area contributed by atoms with Gasteiger partial charge in [-0.05, 0) is 6.07 Å². The predicted molar refractivity (Wildman–Crippen MR) is 79.5 cm³/mol. The van der Waals surface area contributed by atoms with Gasteiger partial charge in [-0.3, -0.25) is 15.2 Å². The molecule has 2 aromatic heterocycles. The van der Waals surface area contributed by atoms with Crippen LogP contribution in [0.5, 0.6) is 0 Å². The number of nitrogens with one attached hydrogen (secondary N) is 1. The first-order chi connectivity index (χ1) is 10.3. The van der Waals surface area contributed by atoms with E-state index in [1.165, 1.54) is 11.8 Å². The Kier molecular flexibility index (Phi) is 3.85. The zero-order chi connectivity index (χ0) is 14.7. The zero-order valence-corrected chi connectivity index (χ0v) is 11.8. The zero-order valence-electron chi connectivity index (χ0n) is 10.9. The number of amides is 1. The van der Waals surface area contributed by atoms with Crippen molar-refractivity contribution in [3.05, 3.63) is 54.2 Å². The minimum Gasteiger partial charge on any atom is -0.451 e. The second-order valence-corrected chi connectivity index (χ2v) is 5.21. The average Bonchev–Trinajstić information content (AvgIpc) is 2.92. The molecule has 3 aromatic rings. The minimum absolute atomic E-state index is 0.232. The maximum absolute atomic E-state index is 11.8. The number of hydrogen-bond donors (Lipinski definition) is 2. The van der Waals surface area contributed by atoms with Crippen molar-refractivity contribution in [2.45, 2.75) is 10.8 Å². The molecule has 2 heterocycles. The van der Waals surface area contributed by atoms with E-state index in [0.29, 0.717) is 11.3 Å². The molecule has 0 aliphatic heterocycles. The van der Waals surface area contributed by atoms with Gasteiger partial charge in [0.1, 0.15) is 10.6 Å². The number of carbonyl (C=O) groups excluding carboxylic acids is 1. The van der Waals surface area contributed by atoms with Crippen LogP contribution in [0.3, 0.4) is 0 Å². The van der Waals surface area contributed by atoms with Crippen molar-refractivity contribution in [3.63, 3.8) is 0 Å². The predicted octanol–water partition coefficient (Wildman–Crippen LogP) is 2.12. The number of benzene rings is 1. The number of fused-ring (bicyclic) bond motifs is 1. The molecule has 6 nitrogen and oxygen atoms in total. The second-order valence-electron chi connectivity index (χ2n) is 4.21. The topological polar surface area (TPSA) is 94.0 Å². The number of nitrogens with two attached hydrogens (primary N) is 1. The van der Waals surface area contributed by atoms with Crippen LogP contribution in [-0.2, 0) is 5.75 Å². The summed E-state index contributed by atoms with van der Waals surface area (Å²) in [6.07, 6.45) is 4.92. The molecule has 3 rings (SSSR count). The van der Waals surface area contributed by atoms with Crippen LogP contribution in [0.25, 0.3) is 11.0 Å². The summed E-state index contributed by atoms with van der Waals surface area (Å²) in [6, 6.07) is 7.49. The van der Waals surface area contributed by atoms with Gasteiger partial charge in [0.25, 0.3) is 0 Å². The molecule has 0 unspecified atom stereocenters. The van der Waals surface area contributed by atoms with Crippen molar-refractivity contribution in [2.75, 3.05) is 0 Å². The number of rotatable bonds is 4. The second kappa shape index (κ2) is 5.94. The molecule has 0 aliphatic carbocycles. The van der Waals surface area contributed by atoms with Crippen molar-refractivity contribution in [1.82, 2.24) is 15.4 Å². The number of furan rings is 1. The van der Waals surface area contributed by atoms with Crippen LogP contribution in [0.4, 0.5) is 0 Å². The maximum Gasteiger partial charge on any atom is 0.301 e. The Morgan fingerprint density at radius 3 is 2.95 bits per heavy atom. The van der Waals surface area contributed by atoms with E-state index in [4.69, 9.17) is 10.3 Å². The van der Waals surface area contributed by atoms with Gasteiger partial charge in [-0.25, -0.2) is 10.8 Å². The molecule has 106 valence electrons. The normalized spacial score (nSPS) is 10.7. The fraction of sp³-hybridized carbons (Fsp3) is 0.0714. The SMILES string of the molecule is NNC(=O)c1oc2ccccc2c1CSc1cnccn1. The Morgan fingerprint density at radius 2 is 2.19 bits per heavy atom. The summed E-state index contributed by atoms with van der Waals surface area (Å²) in [5.41, 5.74) is 3.56. The Balaban J connectivity index is 1.97. The van der Waals surface area contributed by atoms with Crippen molar-refractivity contribution in [1.29, 1.82) is 0 Å². The lowest BCUT2D eigenvalue weighted by atomic mass is 10.1. The van der Waals surface area contributed by atoms with Crippen LogP contribution >= 0.6 is 11.8 Å². The molecule has 0 radical (unpaired) electrons. The molecule has 0 fully saturated rings. The van der Waals surface area contributed by atoms with E-state index >= 15 is 0 Å². The molecule has 1 amide bonds. The van der Waals surface area contributed by atoms with Crippen LogP contribution in [0, 0.1) is 0 Å². The summed E-state index contributed by atoms with van der Waals surface area (Å²) >= 11 is 1.48. The molecular weight excluding hydrogens is 288 g/mol. The molecule has 0 saturated carbocycles. The highest BCUT2D eigenvalue weighted by Gasteiger charge is 2.19. The Labute approximate surface area is 124 Å². The molecule has 1 aromatic carbocycles. The molecule has 0 spiro atoms. The Morgan fingerprint density at radius 1 is 1.33 bits per heavy atom. The largest absolute Gasteiger partial charge is 0.451 e. The van der Waals surface area contributed by atoms with Crippen LogP contribution in [0.1, 0.15) is 16.1 Å². The van der Waals surface area contributed by atoms with Gasteiger partial charge in [-0.2, -0.15) is 0 Å². The van der Waals surface area contributed by atoms with Gasteiger partial charge in [0.2, 0.25) is 0 Å². The van der Waals surface area contributed by atoms with E-state index in [1.807, 2.05) is 24.3 Å². The summed E-state index contributed by atoms with van der Waals surface area (Å²) in [7, 11) is 0. The third kappa shape index (κ3) is 2.74. The monoisotopic (exact) mass is 300 g/mol. The first-order valence-corrected chi connectivity index (χ1v) is 7.18. The molecule has 3 N–H and O–H groups in total. The number of hydrogen-bond acceptors (Lipinski definition) is 6. The van der Waals surface area contributed by atoms with Crippen LogP contribution in [0.2, 0.25) is 0 Å². The van der Waals surface area contributed by atoms with Crippen molar-refractivity contribution < 1.29 is 9.21 Å². The van der Waals surface area contributed by atoms with E-state index < -0.39 is 5.91 Å². The highest BCUT2D eigenvalue weighted by atomic mass is 32.2. The lowest BCUT2D eigenvalue weighted by molar-refractivity contribution is 0.0927. The number of nitrogen functional groups attached to an aromatic ring is 1. The van der Waals surface area contributed by atoms with Crippen molar-refractivity contribution in [2.24, 2.45) is 5.84 Å². The first-order valence-electron chi connectivity index (χ1n) is 6.19. The van der Waals surface area contributed by atoms with Gasteiger partial charge >= 0.3 is 5.91 Å². The van der Waals surface area contributed by atoms with Gasteiger partial charge < -0.3 is 4.42 Å². The van der Waals surface area contributed by atoms with Gasteiger partial charge in [-0.1, -0.05) is 30.0 Å². The lowest BCUT2D eigenvalue weighted by Gasteiger charge is -2.02. The van der Waals surface area contributed by atoms with E-state index in [9.17, 15) is 4.79 Å². The van der Waals surface area contributed by atoms with Gasteiger partial charge in [0, 0.05) is 29.1 Å². The molecule has 7 heteroatoms. The Bertz CT molecular complexity index is 773. The highest BCUT2D eigenvalue weighted by Crippen LogP contribution is 2.31. The summed E-state index contributed by atoms with van der Waals surface area (Å²) < 4.78 is 5.60. The quantitative estimate of drug-likeness (QED) is 0.332. The number of para-hydroxylation sites is 1. The first kappa shape index (κ1) is 13.6. The lowest BCUT2D eigenvalue weighted by Crippen LogP contribution is -2.30. The van der Waals surface area contributed by atoms with Crippen molar-refractivity contribution in [3.8, 4) is 0 Å². The number of aromatic nitrogens is 2. The molecular formula is C14H12N4O2S. The Hall–Kier alpha value is -2.38. The molecule has 21 heavy (non-hydrogen) atoms. The smallest absolute Gasteiger partial charge is 0.301 e. The molecule has 0 atom stereocenters. The third-order valence-electron chi connectivity index (χ3n) is 2.94. The van der Waals surface area contributed by atoms with E-state index in [0.717, 1.165) is 16.0 Å². The summed E-state index contributed by atoms with van der Waals surface area (Å²) in [6.45, 7) is 0. The van der Waals surface area contributed by atoms with Crippen LogP contribution in [-0.4, -0.2) is 15.9 Å². The number of hydrazine groups is 1.